The van der Waals surface area contributed by atoms with Crippen molar-refractivity contribution in [3.8, 4) is 39.6 Å². The maximum absolute atomic E-state index is 6.90. The summed E-state index contributed by atoms with van der Waals surface area (Å²) < 4.78 is 9.24. The summed E-state index contributed by atoms with van der Waals surface area (Å²) in [7, 11) is 0. The van der Waals surface area contributed by atoms with Crippen LogP contribution in [0.1, 0.15) is 58.1 Å². The minimum Gasteiger partial charge on any atom is -0.457 e. The molecule has 69 heavy (non-hydrogen) atoms. The summed E-state index contributed by atoms with van der Waals surface area (Å²) in [6, 6.07) is 76.5. The largest absolute Gasteiger partial charge is 0.457 e. The van der Waals surface area contributed by atoms with Gasteiger partial charge in [0.2, 0.25) is 0 Å². The zero-order valence-corrected chi connectivity index (χ0v) is 39.8. The van der Waals surface area contributed by atoms with Crippen LogP contribution in [0.25, 0.3) is 49.9 Å². The third-order valence-corrected chi connectivity index (χ3v) is 15.5. The van der Waals surface area contributed by atoms with E-state index in [0.717, 1.165) is 63.6 Å². The van der Waals surface area contributed by atoms with Gasteiger partial charge in [-0.2, -0.15) is 0 Å². The van der Waals surface area contributed by atoms with E-state index in [-0.39, 0.29) is 16.2 Å². The van der Waals surface area contributed by atoms with Crippen molar-refractivity contribution in [1.82, 2.24) is 9.55 Å². The van der Waals surface area contributed by atoms with E-state index in [9.17, 15) is 0 Å². The lowest BCUT2D eigenvalue weighted by Crippen LogP contribution is -2.56. The van der Waals surface area contributed by atoms with Gasteiger partial charge in [0, 0.05) is 51.3 Å². The van der Waals surface area contributed by atoms with Gasteiger partial charge in [0.1, 0.15) is 24.0 Å². The topological polar surface area (TPSA) is 33.5 Å². The molecule has 338 valence electrons. The second kappa shape index (κ2) is 16.7. The van der Waals surface area contributed by atoms with E-state index in [1.165, 1.54) is 50.9 Å². The van der Waals surface area contributed by atoms with Crippen LogP contribution in [0.5, 0.6) is 11.5 Å². The quantitative estimate of drug-likeness (QED) is 0.145. The lowest BCUT2D eigenvalue weighted by atomic mass is 9.43. The number of hydrogen-bond donors (Lipinski definition) is 0. The van der Waals surface area contributed by atoms with Gasteiger partial charge >= 0.3 is 0 Å². The maximum atomic E-state index is 6.90. The van der Waals surface area contributed by atoms with Crippen molar-refractivity contribution >= 4 is 44.6 Å². The first-order valence-corrected chi connectivity index (χ1v) is 24.4. The van der Waals surface area contributed by atoms with Crippen molar-refractivity contribution in [3.05, 3.63) is 230 Å². The summed E-state index contributed by atoms with van der Waals surface area (Å²) in [6.45, 7) is 10.5. The molecule has 1 saturated carbocycles. The number of benzene rings is 8. The van der Waals surface area contributed by atoms with E-state index in [2.05, 4.69) is 254 Å². The van der Waals surface area contributed by atoms with E-state index in [4.69, 9.17) is 9.72 Å². The molecule has 2 aromatic heterocycles. The molecule has 0 unspecified atom stereocenters. The predicted octanol–water partition coefficient (Wildman–Crippen LogP) is 17.1. The van der Waals surface area contributed by atoms with Gasteiger partial charge in [-0.25, -0.2) is 4.98 Å². The molecule has 8 aromatic carbocycles. The highest BCUT2D eigenvalue weighted by atomic mass is 16.5. The minimum absolute atomic E-state index is 0.00170. The zero-order chi connectivity index (χ0) is 46.7. The number of hydrogen-bond acceptors (Lipinski definition) is 4. The first-order valence-electron chi connectivity index (χ1n) is 24.4. The summed E-state index contributed by atoms with van der Waals surface area (Å²) in [6.07, 6.45) is 5.55. The fourth-order valence-electron chi connectivity index (χ4n) is 12.7. The van der Waals surface area contributed by atoms with Gasteiger partial charge in [-0.1, -0.05) is 180 Å². The molecule has 5 heteroatoms. The van der Waals surface area contributed by atoms with Gasteiger partial charge in [0.25, 0.3) is 0 Å². The molecule has 0 spiro atoms. The van der Waals surface area contributed by atoms with Crippen molar-refractivity contribution in [2.75, 3.05) is 16.5 Å². The number of rotatable bonds is 9. The van der Waals surface area contributed by atoms with Crippen molar-refractivity contribution in [2.45, 2.75) is 52.4 Å². The molecule has 1 aliphatic carbocycles. The molecule has 5 nitrogen and oxygen atoms in total. The third kappa shape index (κ3) is 6.93. The molecular weight excluding hydrogens is 841 g/mol. The molecule has 3 heterocycles. The minimum atomic E-state index is -0.238. The van der Waals surface area contributed by atoms with Gasteiger partial charge in [-0.15, -0.1) is 0 Å². The average molecular weight is 897 g/mol. The lowest BCUT2D eigenvalue weighted by molar-refractivity contribution is 0.00547. The van der Waals surface area contributed by atoms with Crippen LogP contribution in [0, 0.1) is 10.8 Å². The highest BCUT2D eigenvalue weighted by Gasteiger charge is 2.58. The normalized spacial score (nSPS) is 15.9. The molecule has 0 amide bonds. The Labute approximate surface area is 405 Å². The van der Waals surface area contributed by atoms with Crippen molar-refractivity contribution in [2.24, 2.45) is 10.8 Å². The molecule has 0 bridgehead atoms. The maximum Gasteiger partial charge on any atom is 0.137 e. The van der Waals surface area contributed by atoms with Crippen LogP contribution in [-0.4, -0.2) is 16.2 Å². The van der Waals surface area contributed by atoms with E-state index < -0.39 is 0 Å². The lowest BCUT2D eigenvalue weighted by Gasteiger charge is -2.60. The fraction of sp³-hybridized carbons (Fsp3) is 0.172. The van der Waals surface area contributed by atoms with Gasteiger partial charge < -0.3 is 14.5 Å². The Bertz CT molecular complexity index is 3430. The van der Waals surface area contributed by atoms with Crippen molar-refractivity contribution in [3.63, 3.8) is 0 Å². The molecule has 1 aliphatic heterocycles. The summed E-state index contributed by atoms with van der Waals surface area (Å²) in [4.78, 5) is 10.0. The number of fused-ring (bicyclic) bond motifs is 4. The number of para-hydroxylation sites is 4. The molecule has 10 aromatic rings. The Morgan fingerprint density at radius 1 is 0.464 bits per heavy atom. The summed E-state index contributed by atoms with van der Waals surface area (Å²) >= 11 is 0. The fourth-order valence-corrected chi connectivity index (χ4v) is 12.7. The van der Waals surface area contributed by atoms with E-state index in [0.29, 0.717) is 6.67 Å². The van der Waals surface area contributed by atoms with E-state index in [1.807, 2.05) is 6.20 Å². The second-order valence-electron chi connectivity index (χ2n) is 20.2. The number of ether oxygens (including phenoxy) is 1. The van der Waals surface area contributed by atoms with Gasteiger partial charge in [-0.3, -0.25) is 4.57 Å². The van der Waals surface area contributed by atoms with Crippen LogP contribution < -0.4 is 14.5 Å². The molecule has 0 N–H and O–H groups in total. The Morgan fingerprint density at radius 2 is 1.04 bits per heavy atom. The number of anilines is 4. The van der Waals surface area contributed by atoms with Gasteiger partial charge in [0.05, 0.1) is 28.1 Å². The first kappa shape index (κ1) is 42.5. The van der Waals surface area contributed by atoms with Crippen molar-refractivity contribution in [1.29, 1.82) is 0 Å². The summed E-state index contributed by atoms with van der Waals surface area (Å²) in [5.74, 6) is 2.45. The highest BCUT2D eigenvalue weighted by Crippen LogP contribution is 2.64. The first-order chi connectivity index (χ1) is 33.7. The standard InChI is InChI=1S/C64H56N4O/c1-62(2)38-20-39-63(3,4)64(62,47-25-12-7-13-26-47)48-37-40-65-60(41-48)68-56-32-15-14-29-54(56)55-36-35-51(43-59(55)68)69-50-28-18-27-49(42-50)66-44-67(58-34-17-16-33-57(58)66)61-52(45-21-8-5-9-22-45)30-19-31-53(61)46-23-10-6-11-24-46/h5-19,21-37,40-43H,20,38-39,44H2,1-4H3. The molecule has 0 saturated heterocycles. The van der Waals surface area contributed by atoms with Gasteiger partial charge in [-0.05, 0) is 101 Å². The van der Waals surface area contributed by atoms with Crippen LogP contribution >= 0.6 is 0 Å². The number of aromatic nitrogens is 2. The highest BCUT2D eigenvalue weighted by molar-refractivity contribution is 6.09. The molecule has 2 aliphatic rings. The molecule has 12 rings (SSSR count). The van der Waals surface area contributed by atoms with Gasteiger partial charge in [0.15, 0.2) is 0 Å². The van der Waals surface area contributed by atoms with E-state index in [1.54, 1.807) is 0 Å². The monoisotopic (exact) mass is 896 g/mol. The summed E-state index contributed by atoms with van der Waals surface area (Å²) in [5.41, 5.74) is 13.9. The van der Waals surface area contributed by atoms with E-state index >= 15 is 0 Å². The zero-order valence-electron chi connectivity index (χ0n) is 39.8. The number of pyridine rings is 1. The van der Waals surface area contributed by atoms with Crippen LogP contribution in [0.15, 0.2) is 219 Å². The molecule has 0 radical (unpaired) electrons. The Morgan fingerprint density at radius 3 is 1.74 bits per heavy atom. The SMILES string of the molecule is CC1(C)CCCC(C)(C)C1(c1ccccc1)c1ccnc(-n2c3ccccc3c3ccc(Oc4cccc(N5CN(c6c(-c7ccccc7)cccc6-c6ccccc6)c6ccccc65)c4)cc32)c1. The van der Waals surface area contributed by atoms with Crippen molar-refractivity contribution < 1.29 is 4.74 Å². The Balaban J connectivity index is 0.929. The molecule has 0 atom stereocenters. The number of nitrogens with zero attached hydrogens (tertiary/aromatic N) is 4. The molecular formula is C64H56N4O. The van der Waals surface area contributed by atoms with Crippen LogP contribution in [0.2, 0.25) is 0 Å². The van der Waals surface area contributed by atoms with Crippen LogP contribution in [0.3, 0.4) is 0 Å². The average Bonchev–Trinajstić information content (AvgIpc) is 3.93. The molecule has 1 fully saturated rings. The van der Waals surface area contributed by atoms with Crippen LogP contribution in [-0.2, 0) is 5.41 Å². The predicted molar refractivity (Wildman–Crippen MR) is 287 cm³/mol. The summed E-state index contributed by atoms with van der Waals surface area (Å²) in [5, 5.41) is 2.35. The Hall–Kier alpha value is -7.89. The smallest absolute Gasteiger partial charge is 0.137 e. The third-order valence-electron chi connectivity index (χ3n) is 15.5. The Kier molecular flexibility index (Phi) is 10.3. The second-order valence-corrected chi connectivity index (χ2v) is 20.2. The van der Waals surface area contributed by atoms with Crippen LogP contribution in [0.4, 0.5) is 22.7 Å².